The minimum atomic E-state index is -0.800. The lowest BCUT2D eigenvalue weighted by molar-refractivity contribution is -0.122. The van der Waals surface area contributed by atoms with Crippen molar-refractivity contribution >= 4 is 6.47 Å². The highest BCUT2D eigenvalue weighted by Crippen LogP contribution is 2.20. The minimum Gasteiger partial charge on any atom is -0.483 e. The van der Waals surface area contributed by atoms with Gasteiger partial charge in [0.25, 0.3) is 6.47 Å². The maximum absolute atomic E-state index is 9.83. The van der Waals surface area contributed by atoms with Gasteiger partial charge in [-0.05, 0) is 12.8 Å². The monoisotopic (exact) mass is 220 g/mol. The van der Waals surface area contributed by atoms with Crippen LogP contribution in [0.4, 0.5) is 0 Å². The van der Waals surface area contributed by atoms with Gasteiger partial charge in [0.05, 0.1) is 12.2 Å². The third kappa shape index (κ3) is 11.3. The van der Waals surface area contributed by atoms with E-state index in [4.69, 9.17) is 15.0 Å². The predicted octanol–water partition coefficient (Wildman–Crippen LogP) is 1.79. The molecule has 92 valence electrons. The average molecular weight is 220 g/mol. The smallest absolute Gasteiger partial charge is 0.290 e. The standard InChI is InChI=1S/C10H22O2.CH2O2/c1-3-5-7-10(12,9-11)8-6-4-2;2-1-3/h11-12H,3-9H2,1-2H3;1H,(H,2,3). The van der Waals surface area contributed by atoms with Gasteiger partial charge in [-0.3, -0.25) is 4.79 Å². The van der Waals surface area contributed by atoms with Gasteiger partial charge in [0.1, 0.15) is 0 Å². The van der Waals surface area contributed by atoms with Crippen LogP contribution in [0.15, 0.2) is 0 Å². The molecule has 0 fully saturated rings. The number of hydrogen-bond donors (Lipinski definition) is 3. The number of carbonyl (C=O) groups is 1. The van der Waals surface area contributed by atoms with Gasteiger partial charge >= 0.3 is 0 Å². The maximum Gasteiger partial charge on any atom is 0.290 e. The van der Waals surface area contributed by atoms with Crippen molar-refractivity contribution < 1.29 is 20.1 Å². The van der Waals surface area contributed by atoms with E-state index in [9.17, 15) is 5.11 Å². The highest BCUT2D eigenvalue weighted by Gasteiger charge is 2.23. The van der Waals surface area contributed by atoms with Crippen LogP contribution in [0.25, 0.3) is 0 Å². The van der Waals surface area contributed by atoms with Crippen LogP contribution < -0.4 is 0 Å². The van der Waals surface area contributed by atoms with Crippen LogP contribution in [0.1, 0.15) is 52.4 Å². The summed E-state index contributed by atoms with van der Waals surface area (Å²) < 4.78 is 0. The van der Waals surface area contributed by atoms with Gasteiger partial charge in [-0.2, -0.15) is 0 Å². The summed E-state index contributed by atoms with van der Waals surface area (Å²) in [6, 6.07) is 0. The topological polar surface area (TPSA) is 77.8 Å². The first-order chi connectivity index (χ1) is 7.10. The molecule has 0 saturated heterocycles. The zero-order chi connectivity index (χ0) is 12.2. The van der Waals surface area contributed by atoms with Crippen molar-refractivity contribution in [2.45, 2.75) is 58.0 Å². The van der Waals surface area contributed by atoms with E-state index in [1.807, 2.05) is 0 Å². The highest BCUT2D eigenvalue weighted by atomic mass is 16.3. The summed E-state index contributed by atoms with van der Waals surface area (Å²) in [7, 11) is 0. The second-order valence-corrected chi connectivity index (χ2v) is 3.69. The number of unbranched alkanes of at least 4 members (excludes halogenated alkanes) is 2. The fourth-order valence-corrected chi connectivity index (χ4v) is 1.29. The quantitative estimate of drug-likeness (QED) is 0.572. The third-order valence-corrected chi connectivity index (χ3v) is 2.29. The van der Waals surface area contributed by atoms with E-state index in [1.54, 1.807) is 0 Å². The molecule has 0 aromatic heterocycles. The summed E-state index contributed by atoms with van der Waals surface area (Å²) in [5.41, 5.74) is -0.800. The van der Waals surface area contributed by atoms with Crippen molar-refractivity contribution in [1.29, 1.82) is 0 Å². The summed E-state index contributed by atoms with van der Waals surface area (Å²) in [6.07, 6.45) is 5.63. The molecule has 4 heteroatoms. The Bertz CT molecular complexity index is 129. The molecule has 0 aromatic carbocycles. The zero-order valence-corrected chi connectivity index (χ0v) is 9.78. The maximum atomic E-state index is 9.83. The second-order valence-electron chi connectivity index (χ2n) is 3.69. The molecule has 0 atom stereocenters. The Kier molecular flexibility index (Phi) is 12.8. The van der Waals surface area contributed by atoms with Gasteiger partial charge in [-0.1, -0.05) is 39.5 Å². The molecule has 0 spiro atoms. The number of aliphatic hydroxyl groups excluding tert-OH is 1. The Morgan fingerprint density at radius 3 is 1.67 bits per heavy atom. The first-order valence-electron chi connectivity index (χ1n) is 5.51. The van der Waals surface area contributed by atoms with E-state index < -0.39 is 5.60 Å². The van der Waals surface area contributed by atoms with E-state index in [-0.39, 0.29) is 13.1 Å². The van der Waals surface area contributed by atoms with Gasteiger partial charge in [0.2, 0.25) is 0 Å². The van der Waals surface area contributed by atoms with E-state index in [2.05, 4.69) is 13.8 Å². The van der Waals surface area contributed by atoms with Gasteiger partial charge < -0.3 is 15.3 Å². The lowest BCUT2D eigenvalue weighted by Crippen LogP contribution is -2.32. The number of aliphatic hydroxyl groups is 2. The van der Waals surface area contributed by atoms with Crippen LogP contribution in [0.2, 0.25) is 0 Å². The van der Waals surface area contributed by atoms with Crippen LogP contribution in [0.5, 0.6) is 0 Å². The summed E-state index contributed by atoms with van der Waals surface area (Å²) >= 11 is 0. The second kappa shape index (κ2) is 11.5. The van der Waals surface area contributed by atoms with Gasteiger partial charge in [-0.25, -0.2) is 0 Å². The van der Waals surface area contributed by atoms with Crippen molar-refractivity contribution in [2.24, 2.45) is 0 Å². The Hall–Kier alpha value is -0.610. The summed E-state index contributed by atoms with van der Waals surface area (Å²) in [6.45, 7) is 3.85. The first-order valence-corrected chi connectivity index (χ1v) is 5.51. The molecule has 0 aliphatic rings. The number of hydrogen-bond acceptors (Lipinski definition) is 3. The lowest BCUT2D eigenvalue weighted by Gasteiger charge is -2.25. The molecule has 0 amide bonds. The number of rotatable bonds is 7. The van der Waals surface area contributed by atoms with E-state index in [1.165, 1.54) is 0 Å². The van der Waals surface area contributed by atoms with Crippen LogP contribution in [-0.4, -0.2) is 34.0 Å². The van der Waals surface area contributed by atoms with E-state index >= 15 is 0 Å². The Labute approximate surface area is 91.9 Å². The molecule has 15 heavy (non-hydrogen) atoms. The lowest BCUT2D eigenvalue weighted by atomic mass is 9.92. The molecule has 0 heterocycles. The molecule has 0 aliphatic carbocycles. The zero-order valence-electron chi connectivity index (χ0n) is 9.78. The van der Waals surface area contributed by atoms with Crippen LogP contribution in [0.3, 0.4) is 0 Å². The third-order valence-electron chi connectivity index (χ3n) is 2.29. The highest BCUT2D eigenvalue weighted by molar-refractivity contribution is 5.32. The fraction of sp³-hybridized carbons (Fsp3) is 0.909. The SMILES string of the molecule is CCCCC(O)(CO)CCCC.O=CO. The van der Waals surface area contributed by atoms with E-state index in [0.717, 1.165) is 38.5 Å². The van der Waals surface area contributed by atoms with Gasteiger partial charge in [0.15, 0.2) is 0 Å². The van der Waals surface area contributed by atoms with E-state index in [0.29, 0.717) is 0 Å². The predicted molar refractivity (Wildman–Crippen MR) is 59.8 cm³/mol. The fourth-order valence-electron chi connectivity index (χ4n) is 1.29. The van der Waals surface area contributed by atoms with Crippen molar-refractivity contribution in [3.05, 3.63) is 0 Å². The molecule has 3 N–H and O–H groups in total. The normalized spacial score (nSPS) is 10.4. The molecule has 0 saturated carbocycles. The Morgan fingerprint density at radius 2 is 1.47 bits per heavy atom. The first kappa shape index (κ1) is 16.8. The number of carboxylic acid groups (broad SMARTS) is 1. The molecule has 0 bridgehead atoms. The Morgan fingerprint density at radius 1 is 1.13 bits per heavy atom. The van der Waals surface area contributed by atoms with Crippen molar-refractivity contribution in [2.75, 3.05) is 6.61 Å². The molecule has 4 nitrogen and oxygen atoms in total. The average Bonchev–Trinajstić information content (AvgIpc) is 2.25. The Balaban J connectivity index is 0. The molecular formula is C11H24O4. The molecular weight excluding hydrogens is 196 g/mol. The van der Waals surface area contributed by atoms with Crippen LogP contribution in [-0.2, 0) is 4.79 Å². The summed E-state index contributed by atoms with van der Waals surface area (Å²) in [4.78, 5) is 8.36. The van der Waals surface area contributed by atoms with Crippen molar-refractivity contribution in [3.63, 3.8) is 0 Å². The van der Waals surface area contributed by atoms with Gasteiger partial charge in [0, 0.05) is 0 Å². The molecule has 0 radical (unpaired) electrons. The van der Waals surface area contributed by atoms with Crippen molar-refractivity contribution in [3.8, 4) is 0 Å². The molecule has 0 rings (SSSR count). The van der Waals surface area contributed by atoms with Crippen molar-refractivity contribution in [1.82, 2.24) is 0 Å². The summed E-state index contributed by atoms with van der Waals surface area (Å²) in [5.74, 6) is 0. The van der Waals surface area contributed by atoms with Gasteiger partial charge in [-0.15, -0.1) is 0 Å². The molecule has 0 unspecified atom stereocenters. The minimum absolute atomic E-state index is 0.0903. The molecule has 0 aliphatic heterocycles. The summed E-state index contributed by atoms with van der Waals surface area (Å²) in [5, 5.41) is 25.7. The molecule has 0 aromatic rings. The van der Waals surface area contributed by atoms with Crippen LogP contribution in [0, 0.1) is 0 Å². The largest absolute Gasteiger partial charge is 0.483 e. The van der Waals surface area contributed by atoms with Crippen LogP contribution >= 0.6 is 0 Å².